The predicted molar refractivity (Wildman–Crippen MR) is 36.9 cm³/mol. The molecule has 0 bridgehead atoms. The van der Waals surface area contributed by atoms with Crippen molar-refractivity contribution in [1.82, 2.24) is 0 Å². The van der Waals surface area contributed by atoms with Crippen LogP contribution >= 0.6 is 11.8 Å². The largest absolute Gasteiger partial charge is 0.369 e. The fourth-order valence-corrected chi connectivity index (χ4v) is 0.686. The summed E-state index contributed by atoms with van der Waals surface area (Å²) in [5.74, 6) is -0.915. The number of nitrogens with two attached hydrogens (primary N) is 1. The summed E-state index contributed by atoms with van der Waals surface area (Å²) in [4.78, 5) is 20.6. The minimum absolute atomic E-state index is 0.0411. The van der Waals surface area contributed by atoms with Crippen molar-refractivity contribution in [1.29, 1.82) is 5.26 Å². The average Bonchev–Trinajstić information content (AvgIpc) is 1.82. The number of thioether (sulfide) groups is 1. The Morgan fingerprint density at radius 1 is 1.60 bits per heavy atom. The maximum atomic E-state index is 10.5. The molecule has 0 spiro atoms. The first-order valence-electron chi connectivity index (χ1n) is 2.47. The monoisotopic (exact) mass is 158 g/mol. The highest BCUT2D eigenvalue weighted by atomic mass is 32.2. The van der Waals surface area contributed by atoms with E-state index in [2.05, 4.69) is 0 Å². The van der Waals surface area contributed by atoms with Crippen molar-refractivity contribution in [2.45, 2.75) is 6.42 Å². The van der Waals surface area contributed by atoms with Crippen LogP contribution in [0.5, 0.6) is 0 Å². The molecule has 0 aliphatic carbocycles. The number of primary amides is 1. The van der Waals surface area contributed by atoms with Crippen LogP contribution in [0.1, 0.15) is 6.42 Å². The maximum absolute atomic E-state index is 10.5. The highest BCUT2D eigenvalue weighted by Gasteiger charge is 2.04. The van der Waals surface area contributed by atoms with Crippen molar-refractivity contribution in [2.75, 3.05) is 5.75 Å². The summed E-state index contributed by atoms with van der Waals surface area (Å²) >= 11 is 0.806. The standard InChI is InChI=1S/C5H6N2O2S/c6-3-10-2-4(8)1-5(7)9/h1-2H2,(H2,7,9). The molecule has 0 rings (SSSR count). The van der Waals surface area contributed by atoms with Crippen molar-refractivity contribution in [3.8, 4) is 5.40 Å². The lowest BCUT2D eigenvalue weighted by Gasteiger charge is -1.89. The van der Waals surface area contributed by atoms with Gasteiger partial charge in [-0.1, -0.05) is 0 Å². The van der Waals surface area contributed by atoms with E-state index in [1.54, 1.807) is 5.40 Å². The van der Waals surface area contributed by atoms with E-state index in [9.17, 15) is 9.59 Å². The molecule has 1 amide bonds. The number of carbonyl (C=O) groups excluding carboxylic acids is 2. The van der Waals surface area contributed by atoms with Gasteiger partial charge in [0.1, 0.15) is 5.40 Å². The quantitative estimate of drug-likeness (QED) is 0.447. The van der Waals surface area contributed by atoms with Gasteiger partial charge in [0.2, 0.25) is 5.91 Å². The number of hydrogen-bond donors (Lipinski definition) is 1. The molecule has 0 aliphatic rings. The highest BCUT2D eigenvalue weighted by molar-refractivity contribution is 8.04. The van der Waals surface area contributed by atoms with E-state index >= 15 is 0 Å². The second-order valence-corrected chi connectivity index (χ2v) is 2.32. The molecular weight excluding hydrogens is 152 g/mol. The molecule has 2 N–H and O–H groups in total. The van der Waals surface area contributed by atoms with E-state index in [1.165, 1.54) is 0 Å². The summed E-state index contributed by atoms with van der Waals surface area (Å²) in [5.41, 5.74) is 4.71. The van der Waals surface area contributed by atoms with Gasteiger partial charge in [0, 0.05) is 0 Å². The van der Waals surface area contributed by atoms with Gasteiger partial charge in [-0.05, 0) is 11.8 Å². The van der Waals surface area contributed by atoms with Crippen LogP contribution in [0, 0.1) is 10.7 Å². The Morgan fingerprint density at radius 2 is 2.20 bits per heavy atom. The summed E-state index contributed by atoms with van der Waals surface area (Å²) in [6, 6.07) is 0. The first kappa shape index (κ1) is 8.98. The summed E-state index contributed by atoms with van der Waals surface area (Å²) in [6.45, 7) is 0. The Bertz CT molecular complexity index is 185. The Labute approximate surface area is 62.4 Å². The van der Waals surface area contributed by atoms with Crippen LogP contribution in [0.3, 0.4) is 0 Å². The van der Waals surface area contributed by atoms with Gasteiger partial charge in [0.05, 0.1) is 12.2 Å². The lowest BCUT2D eigenvalue weighted by Crippen LogP contribution is -2.17. The number of nitriles is 1. The summed E-state index contributed by atoms with van der Waals surface area (Å²) in [5, 5.41) is 9.71. The molecule has 0 aliphatic heterocycles. The molecule has 0 saturated heterocycles. The second-order valence-electron chi connectivity index (χ2n) is 1.56. The normalized spacial score (nSPS) is 8.30. The minimum Gasteiger partial charge on any atom is -0.369 e. The van der Waals surface area contributed by atoms with Gasteiger partial charge in [-0.25, -0.2) is 0 Å². The Hall–Kier alpha value is -1.02. The van der Waals surface area contributed by atoms with Crippen LogP contribution in [-0.2, 0) is 9.59 Å². The van der Waals surface area contributed by atoms with Crippen LogP contribution < -0.4 is 5.73 Å². The van der Waals surface area contributed by atoms with Gasteiger partial charge in [-0.3, -0.25) is 9.59 Å². The van der Waals surface area contributed by atoms with E-state index in [0.717, 1.165) is 11.8 Å². The van der Waals surface area contributed by atoms with E-state index in [4.69, 9.17) is 11.0 Å². The lowest BCUT2D eigenvalue weighted by atomic mass is 10.3. The first-order valence-corrected chi connectivity index (χ1v) is 3.46. The van der Waals surface area contributed by atoms with Gasteiger partial charge in [-0.2, -0.15) is 5.26 Å². The molecule has 10 heavy (non-hydrogen) atoms. The zero-order chi connectivity index (χ0) is 7.98. The minimum atomic E-state index is -0.650. The molecule has 0 aromatic rings. The number of ketones is 1. The van der Waals surface area contributed by atoms with Gasteiger partial charge < -0.3 is 5.73 Å². The summed E-state index contributed by atoms with van der Waals surface area (Å²) in [7, 11) is 0. The van der Waals surface area contributed by atoms with Gasteiger partial charge >= 0.3 is 0 Å². The van der Waals surface area contributed by atoms with E-state index in [-0.39, 0.29) is 18.0 Å². The fraction of sp³-hybridized carbons (Fsp3) is 0.400. The Morgan fingerprint density at radius 3 is 2.60 bits per heavy atom. The Kier molecular flexibility index (Phi) is 4.33. The van der Waals surface area contributed by atoms with E-state index < -0.39 is 5.91 Å². The SMILES string of the molecule is N#CSCC(=O)CC(N)=O. The van der Waals surface area contributed by atoms with Crippen LogP contribution in [0.2, 0.25) is 0 Å². The number of rotatable bonds is 4. The molecule has 0 aromatic heterocycles. The molecule has 54 valence electrons. The first-order chi connectivity index (χ1) is 4.66. The van der Waals surface area contributed by atoms with Crippen molar-refractivity contribution >= 4 is 23.5 Å². The van der Waals surface area contributed by atoms with Gasteiger partial charge in [0.25, 0.3) is 0 Å². The van der Waals surface area contributed by atoms with Crippen LogP contribution in [0.4, 0.5) is 0 Å². The van der Waals surface area contributed by atoms with Gasteiger partial charge in [0.15, 0.2) is 5.78 Å². The van der Waals surface area contributed by atoms with Crippen LogP contribution in [0.25, 0.3) is 0 Å². The summed E-state index contributed by atoms with van der Waals surface area (Å²) < 4.78 is 0. The van der Waals surface area contributed by atoms with Crippen LogP contribution in [0.15, 0.2) is 0 Å². The number of thiocyanates is 1. The topological polar surface area (TPSA) is 83.9 Å². The smallest absolute Gasteiger partial charge is 0.224 e. The molecular formula is C5H6N2O2S. The number of nitrogens with zero attached hydrogens (tertiary/aromatic N) is 1. The zero-order valence-corrected chi connectivity index (χ0v) is 5.98. The third-order valence-corrected chi connectivity index (χ3v) is 1.26. The second kappa shape index (κ2) is 4.82. The molecule has 0 fully saturated rings. The van der Waals surface area contributed by atoms with E-state index in [1.807, 2.05) is 0 Å². The molecule has 0 saturated carbocycles. The highest BCUT2D eigenvalue weighted by Crippen LogP contribution is 1.97. The molecule has 4 nitrogen and oxygen atoms in total. The summed E-state index contributed by atoms with van der Waals surface area (Å²) in [6.07, 6.45) is -0.269. The third kappa shape index (κ3) is 5.12. The lowest BCUT2D eigenvalue weighted by molar-refractivity contribution is -0.124. The van der Waals surface area contributed by atoms with Gasteiger partial charge in [-0.15, -0.1) is 0 Å². The number of Topliss-reactive ketones (excluding diaryl/α,β-unsaturated/α-hetero) is 1. The number of carbonyl (C=O) groups is 2. The van der Waals surface area contributed by atoms with Crippen molar-refractivity contribution in [3.63, 3.8) is 0 Å². The van der Waals surface area contributed by atoms with E-state index in [0.29, 0.717) is 0 Å². The number of amides is 1. The van der Waals surface area contributed by atoms with Crippen molar-refractivity contribution < 1.29 is 9.59 Å². The zero-order valence-electron chi connectivity index (χ0n) is 5.16. The molecule has 0 unspecified atom stereocenters. The maximum Gasteiger partial charge on any atom is 0.224 e. The fourth-order valence-electron chi connectivity index (χ4n) is 0.358. The third-order valence-electron chi connectivity index (χ3n) is 0.669. The molecule has 0 heterocycles. The molecule has 0 aromatic carbocycles. The molecule has 5 heteroatoms. The molecule has 0 radical (unpaired) electrons. The number of hydrogen-bond acceptors (Lipinski definition) is 4. The van der Waals surface area contributed by atoms with Crippen molar-refractivity contribution in [3.05, 3.63) is 0 Å². The predicted octanol–water partition coefficient (Wildman–Crippen LogP) is -0.355. The molecule has 0 atom stereocenters. The average molecular weight is 158 g/mol. The van der Waals surface area contributed by atoms with Crippen molar-refractivity contribution in [2.24, 2.45) is 5.73 Å². The van der Waals surface area contributed by atoms with Crippen LogP contribution in [-0.4, -0.2) is 17.4 Å². The Balaban J connectivity index is 3.47.